The van der Waals surface area contributed by atoms with Gasteiger partial charge in [-0.25, -0.2) is 4.68 Å². The molecule has 0 aliphatic rings. The van der Waals surface area contributed by atoms with E-state index in [1.165, 1.54) is 0 Å². The molecule has 1 aromatic rings. The van der Waals surface area contributed by atoms with Crippen LogP contribution in [0, 0.1) is 17.0 Å². The maximum Gasteiger partial charge on any atom is 0.333 e. The minimum atomic E-state index is -0.411. The second-order valence-corrected chi connectivity index (χ2v) is 4.29. The molecule has 1 aromatic heterocycles. The van der Waals surface area contributed by atoms with Crippen LogP contribution >= 0.6 is 0 Å². The van der Waals surface area contributed by atoms with E-state index in [1.807, 2.05) is 13.8 Å². The van der Waals surface area contributed by atoms with Crippen LogP contribution in [-0.4, -0.2) is 34.5 Å². The lowest BCUT2D eigenvalue weighted by Crippen LogP contribution is -2.14. The molecule has 0 aromatic carbocycles. The number of aryl methyl sites for hydroxylation is 2. The zero-order valence-electron chi connectivity index (χ0n) is 11.6. The molecule has 0 atom stereocenters. The largest absolute Gasteiger partial charge is 0.375 e. The van der Waals surface area contributed by atoms with Crippen LogP contribution in [0.3, 0.4) is 0 Å². The standard InChI is InChI=1S/C12H20N4O3/c1-5-15-12(11(16(17)18)10(4)14-15)13-6-7-19-8-9(2)3/h13H,2,5-8H2,1,3-4H3. The number of aromatic nitrogens is 2. The molecule has 0 fully saturated rings. The smallest absolute Gasteiger partial charge is 0.333 e. The number of hydrogen-bond donors (Lipinski definition) is 1. The van der Waals surface area contributed by atoms with Gasteiger partial charge in [0.25, 0.3) is 0 Å². The Labute approximate surface area is 112 Å². The van der Waals surface area contributed by atoms with Crippen LogP contribution in [0.4, 0.5) is 11.5 Å². The lowest BCUT2D eigenvalue weighted by molar-refractivity contribution is -0.384. The number of ether oxygens (including phenoxy) is 1. The Morgan fingerprint density at radius 3 is 2.84 bits per heavy atom. The first-order valence-corrected chi connectivity index (χ1v) is 6.15. The number of nitro groups is 1. The zero-order valence-corrected chi connectivity index (χ0v) is 11.6. The molecule has 0 saturated carbocycles. The van der Waals surface area contributed by atoms with Gasteiger partial charge in [0, 0.05) is 13.1 Å². The molecule has 0 unspecified atom stereocenters. The Bertz CT molecular complexity index is 468. The Kier molecular flexibility index (Phi) is 5.50. The Hall–Kier alpha value is -1.89. The Morgan fingerprint density at radius 1 is 1.63 bits per heavy atom. The fraction of sp³-hybridized carbons (Fsp3) is 0.583. The van der Waals surface area contributed by atoms with Gasteiger partial charge in [-0.05, 0) is 20.8 Å². The van der Waals surface area contributed by atoms with E-state index in [4.69, 9.17) is 4.74 Å². The van der Waals surface area contributed by atoms with E-state index in [0.717, 1.165) is 5.57 Å². The average molecular weight is 268 g/mol. The third-order valence-electron chi connectivity index (χ3n) is 2.47. The van der Waals surface area contributed by atoms with Gasteiger partial charge in [0.1, 0.15) is 5.69 Å². The minimum Gasteiger partial charge on any atom is -0.375 e. The summed E-state index contributed by atoms with van der Waals surface area (Å²) in [6.45, 7) is 11.1. The average Bonchev–Trinajstić information content (AvgIpc) is 2.64. The summed E-state index contributed by atoms with van der Waals surface area (Å²) in [7, 11) is 0. The van der Waals surface area contributed by atoms with E-state index in [9.17, 15) is 10.1 Å². The fourth-order valence-electron chi connectivity index (χ4n) is 1.68. The van der Waals surface area contributed by atoms with Crippen molar-refractivity contribution in [3.05, 3.63) is 28.0 Å². The van der Waals surface area contributed by atoms with Crippen LogP contribution in [0.5, 0.6) is 0 Å². The summed E-state index contributed by atoms with van der Waals surface area (Å²) in [6, 6.07) is 0. The van der Waals surface area contributed by atoms with Crippen molar-refractivity contribution in [2.45, 2.75) is 27.3 Å². The lowest BCUT2D eigenvalue weighted by atomic mass is 10.4. The number of rotatable bonds is 8. The molecule has 106 valence electrons. The number of anilines is 1. The summed E-state index contributed by atoms with van der Waals surface area (Å²) in [6.07, 6.45) is 0. The van der Waals surface area contributed by atoms with Crippen molar-refractivity contribution in [1.29, 1.82) is 0 Å². The van der Waals surface area contributed by atoms with Gasteiger partial charge in [-0.3, -0.25) is 10.1 Å². The van der Waals surface area contributed by atoms with Gasteiger partial charge in [-0.2, -0.15) is 5.10 Å². The van der Waals surface area contributed by atoms with Crippen molar-refractivity contribution in [3.63, 3.8) is 0 Å². The van der Waals surface area contributed by atoms with Crippen molar-refractivity contribution < 1.29 is 9.66 Å². The number of nitrogens with zero attached hydrogens (tertiary/aromatic N) is 3. The second-order valence-electron chi connectivity index (χ2n) is 4.29. The van der Waals surface area contributed by atoms with E-state index in [2.05, 4.69) is 17.0 Å². The van der Waals surface area contributed by atoms with Crippen molar-refractivity contribution in [3.8, 4) is 0 Å². The van der Waals surface area contributed by atoms with Crippen molar-refractivity contribution in [1.82, 2.24) is 9.78 Å². The monoisotopic (exact) mass is 268 g/mol. The summed E-state index contributed by atoms with van der Waals surface area (Å²) in [5, 5.41) is 18.2. The molecular formula is C12H20N4O3. The highest BCUT2D eigenvalue weighted by Crippen LogP contribution is 2.27. The summed E-state index contributed by atoms with van der Waals surface area (Å²) < 4.78 is 6.93. The predicted octanol–water partition coefficient (Wildman–Crippen LogP) is 2.12. The molecule has 7 heteroatoms. The van der Waals surface area contributed by atoms with Crippen LogP contribution < -0.4 is 5.32 Å². The molecule has 1 rings (SSSR count). The third-order valence-corrected chi connectivity index (χ3v) is 2.47. The van der Waals surface area contributed by atoms with E-state index < -0.39 is 4.92 Å². The first-order chi connectivity index (χ1) is 8.97. The van der Waals surface area contributed by atoms with Gasteiger partial charge >= 0.3 is 5.69 Å². The third kappa shape index (κ3) is 4.06. The summed E-state index contributed by atoms with van der Waals surface area (Å²) in [5.74, 6) is 0.434. The van der Waals surface area contributed by atoms with Crippen LogP contribution in [0.2, 0.25) is 0 Å². The first-order valence-electron chi connectivity index (χ1n) is 6.15. The van der Waals surface area contributed by atoms with Gasteiger partial charge in [-0.15, -0.1) is 0 Å². The Morgan fingerprint density at radius 2 is 2.32 bits per heavy atom. The minimum absolute atomic E-state index is 0.0294. The molecule has 19 heavy (non-hydrogen) atoms. The molecule has 0 saturated heterocycles. The molecule has 7 nitrogen and oxygen atoms in total. The van der Waals surface area contributed by atoms with Crippen LogP contribution in [0.25, 0.3) is 0 Å². The van der Waals surface area contributed by atoms with E-state index >= 15 is 0 Å². The molecule has 0 spiro atoms. The summed E-state index contributed by atoms with van der Waals surface area (Å²) in [4.78, 5) is 10.6. The second kappa shape index (κ2) is 6.89. The lowest BCUT2D eigenvalue weighted by Gasteiger charge is -2.08. The molecule has 0 amide bonds. The van der Waals surface area contributed by atoms with Gasteiger partial charge < -0.3 is 10.1 Å². The van der Waals surface area contributed by atoms with Gasteiger partial charge in [-0.1, -0.05) is 12.2 Å². The highest BCUT2D eigenvalue weighted by molar-refractivity contribution is 5.59. The predicted molar refractivity (Wildman–Crippen MR) is 73.4 cm³/mol. The molecule has 0 radical (unpaired) electrons. The highest BCUT2D eigenvalue weighted by atomic mass is 16.6. The zero-order chi connectivity index (χ0) is 14.4. The van der Waals surface area contributed by atoms with Gasteiger partial charge in [0.15, 0.2) is 0 Å². The number of nitrogens with one attached hydrogen (secondary N) is 1. The van der Waals surface area contributed by atoms with Crippen LogP contribution in [0.15, 0.2) is 12.2 Å². The summed E-state index contributed by atoms with van der Waals surface area (Å²) >= 11 is 0. The SMILES string of the molecule is C=C(C)COCCNc1c([N+](=O)[O-])c(C)nn1CC. The normalized spacial score (nSPS) is 10.5. The van der Waals surface area contributed by atoms with E-state index in [0.29, 0.717) is 37.8 Å². The van der Waals surface area contributed by atoms with Crippen molar-refractivity contribution >= 4 is 11.5 Å². The molecule has 0 aliphatic heterocycles. The van der Waals surface area contributed by atoms with Gasteiger partial charge in [0.2, 0.25) is 5.82 Å². The van der Waals surface area contributed by atoms with Crippen molar-refractivity contribution in [2.75, 3.05) is 25.1 Å². The molecule has 0 aliphatic carbocycles. The van der Waals surface area contributed by atoms with E-state index in [-0.39, 0.29) is 5.69 Å². The Balaban J connectivity index is 2.66. The highest BCUT2D eigenvalue weighted by Gasteiger charge is 2.24. The molecule has 1 heterocycles. The fourth-order valence-corrected chi connectivity index (χ4v) is 1.68. The summed E-state index contributed by atoms with van der Waals surface area (Å²) in [5.41, 5.74) is 1.39. The molecule has 0 bridgehead atoms. The maximum atomic E-state index is 11.0. The van der Waals surface area contributed by atoms with Gasteiger partial charge in [0.05, 0.1) is 18.1 Å². The quantitative estimate of drug-likeness (QED) is 0.338. The van der Waals surface area contributed by atoms with Crippen molar-refractivity contribution in [2.24, 2.45) is 0 Å². The van der Waals surface area contributed by atoms with E-state index in [1.54, 1.807) is 11.6 Å². The topological polar surface area (TPSA) is 82.2 Å². The number of hydrogen-bond acceptors (Lipinski definition) is 5. The van der Waals surface area contributed by atoms with Crippen LogP contribution in [-0.2, 0) is 11.3 Å². The maximum absolute atomic E-state index is 11.0. The van der Waals surface area contributed by atoms with Crippen LogP contribution in [0.1, 0.15) is 19.5 Å². The first kappa shape index (κ1) is 15.2. The molecular weight excluding hydrogens is 248 g/mol. The molecule has 1 N–H and O–H groups in total.